The van der Waals surface area contributed by atoms with Crippen molar-refractivity contribution in [1.29, 1.82) is 0 Å². The summed E-state index contributed by atoms with van der Waals surface area (Å²) in [7, 11) is 0. The molecule has 0 saturated heterocycles. The second kappa shape index (κ2) is 9.08. The lowest BCUT2D eigenvalue weighted by molar-refractivity contribution is 0.0468. The summed E-state index contributed by atoms with van der Waals surface area (Å²) in [5.41, 5.74) is 0.286. The second-order valence-electron chi connectivity index (χ2n) is 6.49. The normalized spacial score (nSPS) is 10.8. The summed E-state index contributed by atoms with van der Waals surface area (Å²) in [6, 6.07) is 15.4. The Labute approximate surface area is 162 Å². The van der Waals surface area contributed by atoms with Gasteiger partial charge >= 0.3 is 5.97 Å². The molecule has 28 heavy (non-hydrogen) atoms. The molecule has 0 aliphatic carbocycles. The molecule has 1 heterocycles. The Morgan fingerprint density at radius 1 is 0.964 bits per heavy atom. The molecule has 0 radical (unpaired) electrons. The summed E-state index contributed by atoms with van der Waals surface area (Å²) in [6.07, 6.45) is 2.77. The van der Waals surface area contributed by atoms with E-state index in [2.05, 4.69) is 12.0 Å². The van der Waals surface area contributed by atoms with Crippen LogP contribution >= 0.6 is 0 Å². The summed E-state index contributed by atoms with van der Waals surface area (Å²) in [6.45, 7) is 2.12. The largest absolute Gasteiger partial charge is 0.452 e. The van der Waals surface area contributed by atoms with Gasteiger partial charge in [-0.05, 0) is 12.5 Å². The zero-order valence-corrected chi connectivity index (χ0v) is 15.8. The molecule has 0 atom stereocenters. The van der Waals surface area contributed by atoms with E-state index in [1.54, 1.807) is 54.6 Å². The highest BCUT2D eigenvalue weighted by Gasteiger charge is 2.19. The fourth-order valence-corrected chi connectivity index (χ4v) is 2.96. The molecule has 144 valence electrons. The lowest BCUT2D eigenvalue weighted by atomic mass is 10.1. The van der Waals surface area contributed by atoms with Gasteiger partial charge in [-0.15, -0.1) is 0 Å². The first-order valence-electron chi connectivity index (χ1n) is 9.37. The highest BCUT2D eigenvalue weighted by molar-refractivity contribution is 6.04. The van der Waals surface area contributed by atoms with Gasteiger partial charge in [0, 0.05) is 17.5 Å². The van der Waals surface area contributed by atoms with Crippen LogP contribution in [0.1, 0.15) is 47.0 Å². The van der Waals surface area contributed by atoms with Gasteiger partial charge in [-0.1, -0.05) is 68.3 Å². The van der Waals surface area contributed by atoms with Crippen LogP contribution in [0, 0.1) is 0 Å². The monoisotopic (exact) mass is 378 g/mol. The fraction of sp³-hybridized carbons (Fsp3) is 0.273. The summed E-state index contributed by atoms with van der Waals surface area (Å²) >= 11 is 0. The van der Waals surface area contributed by atoms with Crippen LogP contribution in [0.5, 0.6) is 0 Å². The first-order valence-corrected chi connectivity index (χ1v) is 9.37. The van der Waals surface area contributed by atoms with Crippen molar-refractivity contribution in [2.24, 2.45) is 0 Å². The van der Waals surface area contributed by atoms with Crippen LogP contribution < -0.4 is 5.56 Å². The second-order valence-corrected chi connectivity index (χ2v) is 6.49. The molecule has 3 aromatic rings. The zero-order valence-electron chi connectivity index (χ0n) is 15.8. The lowest BCUT2D eigenvalue weighted by Crippen LogP contribution is -2.27. The van der Waals surface area contributed by atoms with E-state index in [9.17, 15) is 14.4 Å². The van der Waals surface area contributed by atoms with Gasteiger partial charge < -0.3 is 4.74 Å². The highest BCUT2D eigenvalue weighted by atomic mass is 16.5. The summed E-state index contributed by atoms with van der Waals surface area (Å²) in [5.74, 6) is -1.01. The Kier molecular flexibility index (Phi) is 6.32. The van der Waals surface area contributed by atoms with E-state index in [-0.39, 0.29) is 23.6 Å². The minimum atomic E-state index is -0.718. The summed E-state index contributed by atoms with van der Waals surface area (Å²) < 4.78 is 6.52. The minimum absolute atomic E-state index is 0.0487. The van der Waals surface area contributed by atoms with Crippen molar-refractivity contribution in [3.05, 3.63) is 76.2 Å². The van der Waals surface area contributed by atoms with Crippen LogP contribution in [0.4, 0.5) is 0 Å². The van der Waals surface area contributed by atoms with Crippen molar-refractivity contribution in [2.45, 2.75) is 32.7 Å². The molecule has 0 aliphatic rings. The zero-order chi connectivity index (χ0) is 19.9. The SMILES string of the molecule is CCCCCn1nc(C(=O)OCC(=O)c2ccccc2)c2ccccc2c1=O. The van der Waals surface area contributed by atoms with Gasteiger partial charge in [0.15, 0.2) is 18.1 Å². The smallest absolute Gasteiger partial charge is 0.359 e. The molecule has 2 aromatic carbocycles. The number of aryl methyl sites for hydroxylation is 1. The van der Waals surface area contributed by atoms with Crippen LogP contribution in [0.15, 0.2) is 59.4 Å². The molecular formula is C22H22N2O4. The average Bonchev–Trinajstić information content (AvgIpc) is 2.74. The predicted octanol–water partition coefficient (Wildman–Crippen LogP) is 3.63. The van der Waals surface area contributed by atoms with E-state index in [1.807, 2.05) is 0 Å². The first kappa shape index (κ1) is 19.5. The number of ketones is 1. The van der Waals surface area contributed by atoms with Crippen molar-refractivity contribution in [3.8, 4) is 0 Å². The third-order valence-corrected chi connectivity index (χ3v) is 4.46. The topological polar surface area (TPSA) is 78.3 Å². The van der Waals surface area contributed by atoms with Crippen LogP contribution in [0.3, 0.4) is 0 Å². The van der Waals surface area contributed by atoms with Crippen molar-refractivity contribution >= 4 is 22.5 Å². The number of fused-ring (bicyclic) bond motifs is 1. The fourth-order valence-electron chi connectivity index (χ4n) is 2.96. The molecule has 0 aliphatic heterocycles. The van der Waals surface area contributed by atoms with Gasteiger partial charge in [-0.3, -0.25) is 9.59 Å². The number of aromatic nitrogens is 2. The molecule has 0 unspecified atom stereocenters. The van der Waals surface area contributed by atoms with Gasteiger partial charge in [0.2, 0.25) is 0 Å². The van der Waals surface area contributed by atoms with Crippen molar-refractivity contribution in [2.75, 3.05) is 6.61 Å². The van der Waals surface area contributed by atoms with Crippen LogP contribution in [-0.2, 0) is 11.3 Å². The molecule has 6 nitrogen and oxygen atoms in total. The van der Waals surface area contributed by atoms with E-state index >= 15 is 0 Å². The van der Waals surface area contributed by atoms with Crippen LogP contribution in [0.2, 0.25) is 0 Å². The molecule has 0 saturated carbocycles. The van der Waals surface area contributed by atoms with Gasteiger partial charge in [-0.25, -0.2) is 9.48 Å². The van der Waals surface area contributed by atoms with Gasteiger partial charge in [0.25, 0.3) is 5.56 Å². The molecule has 6 heteroatoms. The number of hydrogen-bond acceptors (Lipinski definition) is 5. The first-order chi connectivity index (χ1) is 13.6. The number of ether oxygens (including phenoxy) is 1. The van der Waals surface area contributed by atoms with E-state index < -0.39 is 5.97 Å². The van der Waals surface area contributed by atoms with Crippen molar-refractivity contribution < 1.29 is 14.3 Å². The number of benzene rings is 2. The van der Waals surface area contributed by atoms with Crippen LogP contribution in [0.25, 0.3) is 10.8 Å². The minimum Gasteiger partial charge on any atom is -0.452 e. The van der Waals surface area contributed by atoms with Gasteiger partial charge in [0.1, 0.15) is 0 Å². The Bertz CT molecular complexity index is 1040. The average molecular weight is 378 g/mol. The predicted molar refractivity (Wildman–Crippen MR) is 107 cm³/mol. The maximum absolute atomic E-state index is 12.6. The molecule has 0 N–H and O–H groups in total. The summed E-state index contributed by atoms with van der Waals surface area (Å²) in [5, 5.41) is 5.08. The third kappa shape index (κ3) is 4.34. The van der Waals surface area contributed by atoms with Crippen LogP contribution in [-0.4, -0.2) is 28.1 Å². The van der Waals surface area contributed by atoms with E-state index in [0.29, 0.717) is 22.9 Å². The van der Waals surface area contributed by atoms with Crippen molar-refractivity contribution in [3.63, 3.8) is 0 Å². The molecular weight excluding hydrogens is 356 g/mol. The Morgan fingerprint density at radius 3 is 2.36 bits per heavy atom. The molecule has 1 aromatic heterocycles. The van der Waals surface area contributed by atoms with E-state index in [4.69, 9.17) is 4.74 Å². The van der Waals surface area contributed by atoms with Crippen molar-refractivity contribution in [1.82, 2.24) is 9.78 Å². The Balaban J connectivity index is 1.86. The number of carbonyl (C=O) groups is 2. The maximum Gasteiger partial charge on any atom is 0.359 e. The Hall–Kier alpha value is -3.28. The number of rotatable bonds is 8. The number of esters is 1. The lowest BCUT2D eigenvalue weighted by Gasteiger charge is -2.10. The third-order valence-electron chi connectivity index (χ3n) is 4.46. The standard InChI is InChI=1S/C22H22N2O4/c1-2-3-9-14-24-21(26)18-13-8-7-12-17(18)20(23-24)22(27)28-15-19(25)16-10-5-4-6-11-16/h4-8,10-13H,2-3,9,14-15H2,1H3. The molecule has 3 rings (SSSR count). The molecule has 0 bridgehead atoms. The molecule has 0 amide bonds. The highest BCUT2D eigenvalue weighted by Crippen LogP contribution is 2.15. The van der Waals surface area contributed by atoms with Gasteiger partial charge in [0.05, 0.1) is 5.39 Å². The quantitative estimate of drug-likeness (QED) is 0.340. The van der Waals surface area contributed by atoms with E-state index in [1.165, 1.54) is 4.68 Å². The molecule has 0 spiro atoms. The number of Topliss-reactive ketones (excluding diaryl/α,β-unsaturated/α-hetero) is 1. The number of unbranched alkanes of at least 4 members (excludes halogenated alkanes) is 2. The summed E-state index contributed by atoms with van der Waals surface area (Å²) in [4.78, 5) is 37.5. The number of hydrogen-bond donors (Lipinski definition) is 0. The number of carbonyl (C=O) groups excluding carboxylic acids is 2. The Morgan fingerprint density at radius 2 is 1.64 bits per heavy atom. The van der Waals surface area contributed by atoms with E-state index in [0.717, 1.165) is 19.3 Å². The molecule has 0 fully saturated rings. The maximum atomic E-state index is 12.6. The number of nitrogens with zero attached hydrogens (tertiary/aromatic N) is 2. The van der Waals surface area contributed by atoms with Gasteiger partial charge in [-0.2, -0.15) is 5.10 Å².